The molecule has 1 amide bonds. The first-order valence-electron chi connectivity index (χ1n) is 5.59. The average Bonchev–Trinajstić information content (AvgIpc) is 2.39. The van der Waals surface area contributed by atoms with Crippen LogP contribution in [0.1, 0.15) is 0 Å². The number of halogens is 1. The van der Waals surface area contributed by atoms with Crippen molar-refractivity contribution in [3.05, 3.63) is 53.0 Å². The Morgan fingerprint density at radius 2 is 2.05 bits per heavy atom. The van der Waals surface area contributed by atoms with E-state index in [0.717, 1.165) is 4.90 Å². The van der Waals surface area contributed by atoms with E-state index in [1.54, 1.807) is 36.4 Å². The number of carbonyl (C=O) groups is 1. The highest BCUT2D eigenvalue weighted by Crippen LogP contribution is 2.24. The van der Waals surface area contributed by atoms with Crippen molar-refractivity contribution in [3.63, 3.8) is 0 Å². The van der Waals surface area contributed by atoms with Crippen LogP contribution in [-0.4, -0.2) is 30.5 Å². The third-order valence-electron chi connectivity index (χ3n) is 2.72. The Bertz CT molecular complexity index is 728. The summed E-state index contributed by atoms with van der Waals surface area (Å²) in [5, 5.41) is 9.41. The van der Waals surface area contributed by atoms with E-state index < -0.39 is 22.4 Å². The van der Waals surface area contributed by atoms with Crippen LogP contribution in [0.5, 0.6) is 0 Å². The van der Waals surface area contributed by atoms with Gasteiger partial charge in [-0.25, -0.2) is 4.79 Å². The van der Waals surface area contributed by atoms with Gasteiger partial charge >= 0.3 is 6.09 Å². The molecule has 7 heteroatoms. The van der Waals surface area contributed by atoms with Crippen LogP contribution >= 0.6 is 15.9 Å². The highest BCUT2D eigenvalue weighted by atomic mass is 79.9. The summed E-state index contributed by atoms with van der Waals surface area (Å²) in [5.41, 5.74) is 0.389. The first-order valence-corrected chi connectivity index (χ1v) is 7.46. The number of allylic oxidation sites excluding steroid dienone is 2. The van der Waals surface area contributed by atoms with Crippen molar-refractivity contribution < 1.29 is 18.3 Å². The lowest BCUT2D eigenvalue weighted by Gasteiger charge is -2.27. The third-order valence-corrected chi connectivity index (χ3v) is 3.98. The van der Waals surface area contributed by atoms with Crippen LogP contribution in [0.25, 0.3) is 0 Å². The van der Waals surface area contributed by atoms with Gasteiger partial charge in [0.25, 0.3) is 0 Å². The Morgan fingerprint density at radius 1 is 1.30 bits per heavy atom. The SMILES string of the molecule is O=C(O)N(c1cccc(Br)c1)C1C=CC=CC1=S(=O)=O. The lowest BCUT2D eigenvalue weighted by molar-refractivity contribution is 0.201. The molecule has 1 aliphatic carbocycles. The van der Waals surface area contributed by atoms with Gasteiger partial charge < -0.3 is 5.11 Å². The van der Waals surface area contributed by atoms with Gasteiger partial charge in [0.15, 0.2) is 0 Å². The zero-order valence-electron chi connectivity index (χ0n) is 10.1. The lowest BCUT2D eigenvalue weighted by Crippen LogP contribution is -2.44. The molecule has 0 aliphatic heterocycles. The van der Waals surface area contributed by atoms with Crippen molar-refractivity contribution in [1.29, 1.82) is 0 Å². The fourth-order valence-electron chi connectivity index (χ4n) is 1.90. The molecule has 0 radical (unpaired) electrons. The van der Waals surface area contributed by atoms with Gasteiger partial charge in [-0.3, -0.25) is 4.90 Å². The van der Waals surface area contributed by atoms with Crippen molar-refractivity contribution in [2.75, 3.05) is 4.90 Å². The normalized spacial score (nSPS) is 17.1. The molecule has 0 aromatic heterocycles. The Balaban J connectivity index is 2.55. The largest absolute Gasteiger partial charge is 0.465 e. The molecule has 104 valence electrons. The average molecular weight is 356 g/mol. The maximum Gasteiger partial charge on any atom is 0.412 e. The van der Waals surface area contributed by atoms with Gasteiger partial charge in [0.05, 0.1) is 10.9 Å². The number of amides is 1. The summed E-state index contributed by atoms with van der Waals surface area (Å²) in [5.74, 6) is 0. The predicted octanol–water partition coefficient (Wildman–Crippen LogP) is 2.48. The highest BCUT2D eigenvalue weighted by Gasteiger charge is 2.28. The van der Waals surface area contributed by atoms with E-state index in [9.17, 15) is 18.3 Å². The van der Waals surface area contributed by atoms with Crippen molar-refractivity contribution in [2.24, 2.45) is 0 Å². The maximum absolute atomic E-state index is 11.5. The molecule has 2 rings (SSSR count). The van der Waals surface area contributed by atoms with Gasteiger partial charge in [0.2, 0.25) is 10.3 Å². The zero-order valence-corrected chi connectivity index (χ0v) is 12.5. The Morgan fingerprint density at radius 3 is 2.65 bits per heavy atom. The second-order valence-corrected chi connectivity index (χ2v) is 5.81. The minimum atomic E-state index is -2.49. The number of hydrogen-bond donors (Lipinski definition) is 1. The maximum atomic E-state index is 11.5. The second-order valence-electron chi connectivity index (χ2n) is 3.96. The first-order chi connectivity index (χ1) is 9.50. The van der Waals surface area contributed by atoms with Crippen LogP contribution in [-0.2, 0) is 10.3 Å². The van der Waals surface area contributed by atoms with Gasteiger partial charge in [-0.15, -0.1) is 0 Å². The van der Waals surface area contributed by atoms with E-state index in [1.807, 2.05) is 0 Å². The first kappa shape index (κ1) is 14.5. The van der Waals surface area contributed by atoms with E-state index in [1.165, 1.54) is 12.2 Å². The monoisotopic (exact) mass is 355 g/mol. The molecule has 0 bridgehead atoms. The molecule has 5 nitrogen and oxygen atoms in total. The molecule has 0 spiro atoms. The summed E-state index contributed by atoms with van der Waals surface area (Å²) in [6.07, 6.45) is 4.87. The summed E-state index contributed by atoms with van der Waals surface area (Å²) in [6.45, 7) is 0. The summed E-state index contributed by atoms with van der Waals surface area (Å²) in [6, 6.07) is 5.80. The Kier molecular flexibility index (Phi) is 4.41. The second kappa shape index (κ2) is 6.06. The van der Waals surface area contributed by atoms with Crippen LogP contribution in [0, 0.1) is 0 Å². The number of anilines is 1. The molecule has 1 atom stereocenters. The number of rotatable bonds is 2. The van der Waals surface area contributed by atoms with Crippen LogP contribution in [0.15, 0.2) is 53.0 Å². The molecular formula is C13H10BrNO4S. The Hall–Kier alpha value is -1.86. The number of nitrogens with zero attached hydrogens (tertiary/aromatic N) is 1. The lowest BCUT2D eigenvalue weighted by atomic mass is 10.1. The Labute approximate surface area is 125 Å². The molecule has 0 fully saturated rings. The quantitative estimate of drug-likeness (QED) is 0.827. The van der Waals surface area contributed by atoms with E-state index in [0.29, 0.717) is 10.2 Å². The standard InChI is InChI=1S/C13H10BrNO4S/c14-9-4-3-5-10(8-9)15(13(16)17)11-6-1-2-7-12(11)20(18)19/h1-8,11H,(H,16,17). The molecule has 20 heavy (non-hydrogen) atoms. The van der Waals surface area contributed by atoms with Crippen molar-refractivity contribution in [1.82, 2.24) is 0 Å². The molecule has 0 saturated carbocycles. The van der Waals surface area contributed by atoms with Crippen LogP contribution < -0.4 is 4.90 Å². The number of carboxylic acid groups (broad SMARTS) is 1. The predicted molar refractivity (Wildman–Crippen MR) is 80.6 cm³/mol. The third kappa shape index (κ3) is 3.00. The highest BCUT2D eigenvalue weighted by molar-refractivity contribution is 9.10. The molecule has 0 heterocycles. The van der Waals surface area contributed by atoms with E-state index >= 15 is 0 Å². The summed E-state index contributed by atoms with van der Waals surface area (Å²) < 4.78 is 23.2. The fraction of sp³-hybridized carbons (Fsp3) is 0.0769. The zero-order chi connectivity index (χ0) is 14.7. The molecule has 1 unspecified atom stereocenters. The fourth-order valence-corrected chi connectivity index (χ4v) is 2.85. The smallest absolute Gasteiger partial charge is 0.412 e. The van der Waals surface area contributed by atoms with E-state index in [4.69, 9.17) is 0 Å². The van der Waals surface area contributed by atoms with Crippen LogP contribution in [0.2, 0.25) is 0 Å². The van der Waals surface area contributed by atoms with Crippen molar-refractivity contribution in [3.8, 4) is 0 Å². The van der Waals surface area contributed by atoms with Crippen LogP contribution in [0.4, 0.5) is 10.5 Å². The van der Waals surface area contributed by atoms with Crippen molar-refractivity contribution >= 4 is 42.9 Å². The topological polar surface area (TPSA) is 74.7 Å². The molecule has 0 saturated heterocycles. The van der Waals surface area contributed by atoms with E-state index in [-0.39, 0.29) is 4.86 Å². The summed E-state index contributed by atoms with van der Waals surface area (Å²) >= 11 is 3.27. The van der Waals surface area contributed by atoms with Gasteiger partial charge in [0.1, 0.15) is 0 Å². The number of benzene rings is 1. The van der Waals surface area contributed by atoms with Crippen LogP contribution in [0.3, 0.4) is 0 Å². The molecule has 1 aromatic carbocycles. The number of hydrogen-bond acceptors (Lipinski definition) is 3. The molecule has 1 aliphatic rings. The molecule has 1 N–H and O–H groups in total. The van der Waals surface area contributed by atoms with Gasteiger partial charge in [0, 0.05) is 10.2 Å². The van der Waals surface area contributed by atoms with Crippen molar-refractivity contribution in [2.45, 2.75) is 6.04 Å². The van der Waals surface area contributed by atoms with E-state index in [2.05, 4.69) is 15.9 Å². The van der Waals surface area contributed by atoms with Gasteiger partial charge in [-0.2, -0.15) is 8.42 Å². The minimum Gasteiger partial charge on any atom is -0.465 e. The van der Waals surface area contributed by atoms with Gasteiger partial charge in [-0.1, -0.05) is 40.2 Å². The molecular weight excluding hydrogens is 346 g/mol. The minimum absolute atomic E-state index is 0.00914. The van der Waals surface area contributed by atoms with Gasteiger partial charge in [-0.05, 0) is 24.3 Å². The summed E-state index contributed by atoms with van der Waals surface area (Å²) in [7, 11) is -2.49. The summed E-state index contributed by atoms with van der Waals surface area (Å²) in [4.78, 5) is 12.5. The molecule has 1 aromatic rings.